The van der Waals surface area contributed by atoms with Crippen molar-refractivity contribution < 1.29 is 19.1 Å². The van der Waals surface area contributed by atoms with Gasteiger partial charge in [-0.1, -0.05) is 0 Å². The lowest BCUT2D eigenvalue weighted by molar-refractivity contribution is -0.131. The van der Waals surface area contributed by atoms with Crippen LogP contribution in [0.1, 0.15) is 21.5 Å². The molecule has 80 valence electrons. The van der Waals surface area contributed by atoms with E-state index in [4.69, 9.17) is 10.4 Å². The van der Waals surface area contributed by atoms with Gasteiger partial charge in [0.05, 0.1) is 5.56 Å². The summed E-state index contributed by atoms with van der Waals surface area (Å²) in [7, 11) is 0. The number of aldehydes is 1. The van der Waals surface area contributed by atoms with Crippen LogP contribution < -0.4 is 0 Å². The van der Waals surface area contributed by atoms with Crippen molar-refractivity contribution in [3.05, 3.63) is 40.7 Å². The zero-order chi connectivity index (χ0) is 12.1. The van der Waals surface area contributed by atoms with Gasteiger partial charge in [-0.15, -0.1) is 0 Å². The summed E-state index contributed by atoms with van der Waals surface area (Å²) < 4.78 is 13.3. The lowest BCUT2D eigenvalue weighted by Crippen LogP contribution is -1.96. The summed E-state index contributed by atoms with van der Waals surface area (Å²) >= 11 is 0. The number of nitrogens with zero attached hydrogens (tertiary/aromatic N) is 1. The van der Waals surface area contributed by atoms with Crippen molar-refractivity contribution in [2.24, 2.45) is 0 Å². The molecule has 0 fully saturated rings. The molecule has 0 aromatic heterocycles. The highest BCUT2D eigenvalue weighted by molar-refractivity contribution is 5.88. The number of hydrogen-bond donors (Lipinski definition) is 1. The van der Waals surface area contributed by atoms with E-state index in [-0.39, 0.29) is 16.7 Å². The van der Waals surface area contributed by atoms with Crippen LogP contribution in [0.5, 0.6) is 0 Å². The van der Waals surface area contributed by atoms with E-state index < -0.39 is 11.8 Å². The van der Waals surface area contributed by atoms with Gasteiger partial charge in [0.15, 0.2) is 6.29 Å². The molecule has 0 amide bonds. The Morgan fingerprint density at radius 3 is 2.69 bits per heavy atom. The van der Waals surface area contributed by atoms with E-state index in [1.165, 1.54) is 6.07 Å². The number of nitriles is 1. The fourth-order valence-electron chi connectivity index (χ4n) is 1.15. The highest BCUT2D eigenvalue weighted by Gasteiger charge is 2.10. The molecule has 0 bridgehead atoms. The number of carbonyl (C=O) groups excluding carboxylic acids is 1. The first-order valence-corrected chi connectivity index (χ1v) is 4.19. The fourth-order valence-corrected chi connectivity index (χ4v) is 1.15. The molecule has 0 heterocycles. The normalized spacial score (nSPS) is 10.0. The molecule has 1 aromatic rings. The summed E-state index contributed by atoms with van der Waals surface area (Å²) in [5.41, 5.74) is -0.351. The summed E-state index contributed by atoms with van der Waals surface area (Å²) in [5, 5.41) is 17.2. The third-order valence-electron chi connectivity index (χ3n) is 1.86. The second kappa shape index (κ2) is 4.84. The van der Waals surface area contributed by atoms with Crippen molar-refractivity contribution >= 4 is 18.3 Å². The third-order valence-corrected chi connectivity index (χ3v) is 1.86. The molecule has 0 spiro atoms. The van der Waals surface area contributed by atoms with Crippen molar-refractivity contribution in [2.45, 2.75) is 0 Å². The maximum atomic E-state index is 13.3. The van der Waals surface area contributed by atoms with Crippen molar-refractivity contribution in [3.8, 4) is 6.07 Å². The molecule has 0 atom stereocenters. The smallest absolute Gasteiger partial charge is 0.328 e. The van der Waals surface area contributed by atoms with E-state index in [1.807, 2.05) is 0 Å². The Balaban J connectivity index is 3.41. The molecule has 0 unspecified atom stereocenters. The molecule has 16 heavy (non-hydrogen) atoms. The summed E-state index contributed by atoms with van der Waals surface area (Å²) in [6, 6.07) is 3.84. The summed E-state index contributed by atoms with van der Waals surface area (Å²) in [6.07, 6.45) is 2.06. The highest BCUT2D eigenvalue weighted by atomic mass is 19.1. The maximum absolute atomic E-state index is 13.3. The van der Waals surface area contributed by atoms with Gasteiger partial charge in [-0.05, 0) is 18.2 Å². The van der Waals surface area contributed by atoms with Crippen LogP contribution in [-0.4, -0.2) is 17.4 Å². The van der Waals surface area contributed by atoms with Crippen LogP contribution in [0, 0.1) is 17.1 Å². The molecule has 0 aliphatic heterocycles. The highest BCUT2D eigenvalue weighted by Crippen LogP contribution is 2.18. The molecular weight excluding hydrogens is 213 g/mol. The largest absolute Gasteiger partial charge is 0.478 e. The molecule has 1 N–H and O–H groups in total. The first-order valence-electron chi connectivity index (χ1n) is 4.19. The van der Waals surface area contributed by atoms with E-state index in [1.54, 1.807) is 6.07 Å². The summed E-state index contributed by atoms with van der Waals surface area (Å²) in [6.45, 7) is 0. The van der Waals surface area contributed by atoms with Gasteiger partial charge in [0.2, 0.25) is 0 Å². The van der Waals surface area contributed by atoms with Crippen molar-refractivity contribution in [1.29, 1.82) is 5.26 Å². The van der Waals surface area contributed by atoms with E-state index in [9.17, 15) is 14.0 Å². The average molecular weight is 219 g/mol. The van der Waals surface area contributed by atoms with Gasteiger partial charge in [0.25, 0.3) is 0 Å². The topological polar surface area (TPSA) is 78.2 Å². The van der Waals surface area contributed by atoms with Gasteiger partial charge in [-0.3, -0.25) is 4.79 Å². The quantitative estimate of drug-likeness (QED) is 0.618. The molecule has 0 saturated heterocycles. The standard InChI is InChI=1S/C11H6FNO3/c12-10-3-1-7(6-14)9(5-13)8(10)2-4-11(15)16/h1-4,6H,(H,15,16)/b4-2+. The van der Waals surface area contributed by atoms with Crippen molar-refractivity contribution in [3.63, 3.8) is 0 Å². The molecule has 4 nitrogen and oxygen atoms in total. The van der Waals surface area contributed by atoms with Crippen LogP contribution in [0.2, 0.25) is 0 Å². The van der Waals surface area contributed by atoms with Crippen LogP contribution in [0.3, 0.4) is 0 Å². The van der Waals surface area contributed by atoms with Crippen molar-refractivity contribution in [2.75, 3.05) is 0 Å². The van der Waals surface area contributed by atoms with Gasteiger partial charge in [0, 0.05) is 17.2 Å². The Morgan fingerprint density at radius 1 is 1.50 bits per heavy atom. The number of benzene rings is 1. The second-order valence-electron chi connectivity index (χ2n) is 2.83. The predicted octanol–water partition coefficient (Wildman–Crippen LogP) is 1.61. The number of carboxylic acids is 1. The lowest BCUT2D eigenvalue weighted by Gasteiger charge is -2.02. The number of carbonyl (C=O) groups is 2. The Bertz CT molecular complexity index is 515. The van der Waals surface area contributed by atoms with Gasteiger partial charge in [-0.25, -0.2) is 9.18 Å². The Morgan fingerprint density at radius 2 is 2.19 bits per heavy atom. The average Bonchev–Trinajstić information content (AvgIpc) is 2.26. The predicted molar refractivity (Wildman–Crippen MR) is 53.2 cm³/mol. The second-order valence-corrected chi connectivity index (χ2v) is 2.83. The Labute approximate surface area is 90.2 Å². The van der Waals surface area contributed by atoms with E-state index in [2.05, 4.69) is 0 Å². The number of aliphatic carboxylic acids is 1. The first kappa shape index (κ1) is 11.6. The van der Waals surface area contributed by atoms with E-state index in [0.717, 1.165) is 12.1 Å². The van der Waals surface area contributed by atoms with Crippen LogP contribution in [0.25, 0.3) is 6.08 Å². The van der Waals surface area contributed by atoms with Crippen LogP contribution in [0.15, 0.2) is 18.2 Å². The number of halogens is 1. The van der Waals surface area contributed by atoms with Gasteiger partial charge in [-0.2, -0.15) is 5.26 Å². The van der Waals surface area contributed by atoms with Crippen LogP contribution in [0.4, 0.5) is 4.39 Å². The minimum Gasteiger partial charge on any atom is -0.478 e. The zero-order valence-corrected chi connectivity index (χ0v) is 7.98. The minimum absolute atomic E-state index is 0.0222. The van der Waals surface area contributed by atoms with Gasteiger partial charge >= 0.3 is 5.97 Å². The molecule has 5 heteroatoms. The first-order chi connectivity index (χ1) is 7.60. The molecule has 1 rings (SSSR count). The van der Waals surface area contributed by atoms with Crippen LogP contribution >= 0.6 is 0 Å². The molecule has 0 saturated carbocycles. The minimum atomic E-state index is -1.26. The summed E-state index contributed by atoms with van der Waals surface area (Å²) in [4.78, 5) is 20.9. The number of carboxylic acid groups (broad SMARTS) is 1. The van der Waals surface area contributed by atoms with E-state index >= 15 is 0 Å². The fraction of sp³-hybridized carbons (Fsp3) is 0. The molecule has 0 aliphatic rings. The molecular formula is C11H6FNO3. The number of hydrogen-bond acceptors (Lipinski definition) is 3. The van der Waals surface area contributed by atoms with Crippen LogP contribution in [-0.2, 0) is 4.79 Å². The van der Waals surface area contributed by atoms with E-state index in [0.29, 0.717) is 12.4 Å². The Hall–Kier alpha value is -2.48. The Kier molecular flexibility index (Phi) is 3.51. The third kappa shape index (κ3) is 2.30. The molecule has 0 aliphatic carbocycles. The molecule has 0 radical (unpaired) electrons. The van der Waals surface area contributed by atoms with Gasteiger partial charge < -0.3 is 5.11 Å². The SMILES string of the molecule is N#Cc1c(C=O)ccc(F)c1/C=C/C(=O)O. The van der Waals surface area contributed by atoms with Crippen molar-refractivity contribution in [1.82, 2.24) is 0 Å². The number of rotatable bonds is 3. The summed E-state index contributed by atoms with van der Waals surface area (Å²) in [5.74, 6) is -2.01. The monoisotopic (exact) mass is 219 g/mol. The lowest BCUT2D eigenvalue weighted by atomic mass is 10.0. The molecule has 1 aromatic carbocycles. The maximum Gasteiger partial charge on any atom is 0.328 e. The van der Waals surface area contributed by atoms with Gasteiger partial charge in [0.1, 0.15) is 11.9 Å². The zero-order valence-electron chi connectivity index (χ0n) is 7.98.